The molecule has 0 spiro atoms. The molecule has 1 aliphatic rings. The summed E-state index contributed by atoms with van der Waals surface area (Å²) in [7, 11) is 0. The summed E-state index contributed by atoms with van der Waals surface area (Å²) in [5.41, 5.74) is 1.70. The first-order valence-electron chi connectivity index (χ1n) is 9.69. The Morgan fingerprint density at radius 2 is 2.13 bits per heavy atom. The molecular weight excluding hydrogens is 402 g/mol. The first-order chi connectivity index (χ1) is 14.9. The second-order valence-corrected chi connectivity index (χ2v) is 7.19. The minimum atomic E-state index is -0.543. The van der Waals surface area contributed by atoms with Gasteiger partial charge in [-0.1, -0.05) is 12.1 Å². The number of hydrogen-bond donors (Lipinski definition) is 5. The summed E-state index contributed by atoms with van der Waals surface area (Å²) in [6, 6.07) is 10.0. The third-order valence-corrected chi connectivity index (χ3v) is 4.75. The zero-order valence-electron chi connectivity index (χ0n) is 16.7. The molecule has 10 nitrogen and oxygen atoms in total. The van der Waals surface area contributed by atoms with Gasteiger partial charge < -0.3 is 30.8 Å². The van der Waals surface area contributed by atoms with Crippen molar-refractivity contribution in [2.24, 2.45) is 0 Å². The van der Waals surface area contributed by atoms with Crippen LogP contribution in [0.3, 0.4) is 0 Å². The van der Waals surface area contributed by atoms with E-state index in [0.717, 1.165) is 5.56 Å². The van der Waals surface area contributed by atoms with Crippen LogP contribution in [0.25, 0.3) is 10.9 Å². The Balaban J connectivity index is 1.53. The predicted octanol–water partition coefficient (Wildman–Crippen LogP) is 0.977. The lowest BCUT2D eigenvalue weighted by molar-refractivity contribution is -0.118. The van der Waals surface area contributed by atoms with Gasteiger partial charge in [-0.15, -0.1) is 0 Å². The van der Waals surface area contributed by atoms with Crippen molar-refractivity contribution in [1.29, 1.82) is 0 Å². The number of amides is 2. The summed E-state index contributed by atoms with van der Waals surface area (Å²) in [5.74, 6) is -0.331. The largest absolute Gasteiger partial charge is 0.482 e. The van der Waals surface area contributed by atoms with E-state index in [-0.39, 0.29) is 37.5 Å². The fourth-order valence-electron chi connectivity index (χ4n) is 3.24. The molecule has 1 atom stereocenters. The molecule has 2 heterocycles. The average molecular weight is 423 g/mol. The molecule has 0 unspecified atom stereocenters. The number of H-pyrrole nitrogens is 1. The lowest BCUT2D eigenvalue weighted by Crippen LogP contribution is -2.28. The van der Waals surface area contributed by atoms with Crippen LogP contribution in [0.15, 0.2) is 41.2 Å². The first-order valence-corrected chi connectivity index (χ1v) is 9.69. The molecule has 3 aromatic rings. The molecule has 160 valence electrons. The highest BCUT2D eigenvalue weighted by molar-refractivity contribution is 5.96. The van der Waals surface area contributed by atoms with Gasteiger partial charge in [0.1, 0.15) is 5.75 Å². The van der Waals surface area contributed by atoms with E-state index in [2.05, 4.69) is 25.9 Å². The molecule has 0 fully saturated rings. The van der Waals surface area contributed by atoms with Crippen molar-refractivity contribution in [3.8, 4) is 5.75 Å². The van der Waals surface area contributed by atoms with E-state index in [9.17, 15) is 19.5 Å². The van der Waals surface area contributed by atoms with Gasteiger partial charge in [-0.25, -0.2) is 4.98 Å². The summed E-state index contributed by atoms with van der Waals surface area (Å²) in [4.78, 5) is 43.5. The van der Waals surface area contributed by atoms with Crippen molar-refractivity contribution in [2.75, 3.05) is 23.8 Å². The third-order valence-electron chi connectivity index (χ3n) is 4.75. The van der Waals surface area contributed by atoms with Crippen molar-refractivity contribution in [1.82, 2.24) is 15.3 Å². The number of rotatable bonds is 6. The molecule has 1 aromatic heterocycles. The Morgan fingerprint density at radius 3 is 2.94 bits per heavy atom. The Hall–Kier alpha value is -3.92. The van der Waals surface area contributed by atoms with Crippen molar-refractivity contribution in [3.05, 3.63) is 58.1 Å². The number of aliphatic hydroxyl groups is 1. The molecule has 0 saturated heterocycles. The Labute approximate surface area is 176 Å². The molecule has 1 aliphatic heterocycles. The van der Waals surface area contributed by atoms with E-state index in [1.54, 1.807) is 43.3 Å². The Morgan fingerprint density at radius 1 is 1.29 bits per heavy atom. The number of nitrogens with one attached hydrogen (secondary N) is 4. The lowest BCUT2D eigenvalue weighted by Gasteiger charge is -2.18. The number of aromatic nitrogens is 2. The maximum absolute atomic E-state index is 12.6. The monoisotopic (exact) mass is 423 g/mol. The summed E-state index contributed by atoms with van der Waals surface area (Å²) >= 11 is 0. The van der Waals surface area contributed by atoms with Crippen molar-refractivity contribution in [2.45, 2.75) is 19.5 Å². The van der Waals surface area contributed by atoms with Crippen LogP contribution in [0.4, 0.5) is 11.4 Å². The van der Waals surface area contributed by atoms with E-state index in [1.165, 1.54) is 0 Å². The molecule has 2 amide bonds. The van der Waals surface area contributed by atoms with Crippen molar-refractivity contribution < 1.29 is 19.4 Å². The predicted molar refractivity (Wildman–Crippen MR) is 114 cm³/mol. The second kappa shape index (κ2) is 8.44. The topological polar surface area (TPSA) is 145 Å². The number of carbonyl (C=O) groups is 2. The van der Waals surface area contributed by atoms with Gasteiger partial charge in [-0.2, -0.15) is 0 Å². The van der Waals surface area contributed by atoms with Gasteiger partial charge in [0, 0.05) is 18.3 Å². The SMILES string of the molecule is C[C@@H](CO)Nc1cccc2nc(C(=O)NCc3ccc4c(c3)NC(=O)CO4)[nH]c(=O)c12. The van der Waals surface area contributed by atoms with Crippen LogP contribution in [-0.2, 0) is 11.3 Å². The number of carbonyl (C=O) groups excluding carboxylic acids is 2. The number of hydrogen-bond acceptors (Lipinski definition) is 7. The van der Waals surface area contributed by atoms with Crippen LogP contribution >= 0.6 is 0 Å². The fraction of sp³-hybridized carbons (Fsp3) is 0.238. The van der Waals surface area contributed by atoms with Gasteiger partial charge in [0.2, 0.25) is 0 Å². The number of anilines is 2. The molecule has 10 heteroatoms. The van der Waals surface area contributed by atoms with E-state index in [0.29, 0.717) is 28.0 Å². The molecular formula is C21H21N5O5. The second-order valence-electron chi connectivity index (χ2n) is 7.19. The minimum absolute atomic E-state index is 0.0276. The quantitative estimate of drug-likeness (QED) is 0.397. The van der Waals surface area contributed by atoms with Crippen LogP contribution < -0.4 is 26.2 Å². The number of aromatic amines is 1. The van der Waals surface area contributed by atoms with E-state index in [1.807, 2.05) is 0 Å². The maximum atomic E-state index is 12.6. The molecule has 5 N–H and O–H groups in total. The van der Waals surface area contributed by atoms with Crippen LogP contribution in [0.5, 0.6) is 5.75 Å². The van der Waals surface area contributed by atoms with Crippen LogP contribution in [-0.4, -0.2) is 46.1 Å². The molecule has 4 rings (SSSR count). The summed E-state index contributed by atoms with van der Waals surface area (Å²) in [6.45, 7) is 1.82. The normalized spacial score (nSPS) is 13.7. The molecule has 0 saturated carbocycles. The minimum Gasteiger partial charge on any atom is -0.482 e. The van der Waals surface area contributed by atoms with Gasteiger partial charge in [0.25, 0.3) is 17.4 Å². The van der Waals surface area contributed by atoms with Gasteiger partial charge in [0.05, 0.1) is 23.2 Å². The van der Waals surface area contributed by atoms with Crippen LogP contribution in [0, 0.1) is 0 Å². The third kappa shape index (κ3) is 4.33. The van der Waals surface area contributed by atoms with Crippen LogP contribution in [0.1, 0.15) is 23.1 Å². The van der Waals surface area contributed by atoms with E-state index in [4.69, 9.17) is 4.74 Å². The van der Waals surface area contributed by atoms with E-state index < -0.39 is 11.5 Å². The number of nitrogens with zero attached hydrogens (tertiary/aromatic N) is 1. The number of ether oxygens (including phenoxy) is 1. The van der Waals surface area contributed by atoms with Crippen molar-refractivity contribution in [3.63, 3.8) is 0 Å². The fourth-order valence-corrected chi connectivity index (χ4v) is 3.24. The number of fused-ring (bicyclic) bond motifs is 2. The lowest BCUT2D eigenvalue weighted by atomic mass is 10.1. The summed E-state index contributed by atoms with van der Waals surface area (Å²) in [5, 5.41) is 18.0. The van der Waals surface area contributed by atoms with Crippen LogP contribution in [0.2, 0.25) is 0 Å². The summed E-state index contributed by atoms with van der Waals surface area (Å²) in [6.07, 6.45) is 0. The van der Waals surface area contributed by atoms with Gasteiger partial charge in [-0.3, -0.25) is 14.4 Å². The maximum Gasteiger partial charge on any atom is 0.287 e. The molecule has 31 heavy (non-hydrogen) atoms. The first kappa shape index (κ1) is 20.4. The smallest absolute Gasteiger partial charge is 0.287 e. The standard InChI is InChI=1S/C21H21N5O5/c1-11(9-27)23-13-3-2-4-14-18(13)20(29)26-19(25-14)21(30)22-8-12-5-6-16-15(7-12)24-17(28)10-31-16/h2-7,11,23,27H,8-10H2,1H3,(H,22,30)(H,24,28)(H,25,26,29)/t11-/m0/s1. The van der Waals surface area contributed by atoms with E-state index >= 15 is 0 Å². The molecule has 0 bridgehead atoms. The Bertz CT molecular complexity index is 1220. The summed E-state index contributed by atoms with van der Waals surface area (Å²) < 4.78 is 5.31. The highest BCUT2D eigenvalue weighted by Crippen LogP contribution is 2.28. The zero-order chi connectivity index (χ0) is 22.0. The molecule has 0 aliphatic carbocycles. The highest BCUT2D eigenvalue weighted by atomic mass is 16.5. The zero-order valence-corrected chi connectivity index (χ0v) is 16.7. The van der Waals surface area contributed by atoms with Gasteiger partial charge in [0.15, 0.2) is 12.4 Å². The Kier molecular flexibility index (Phi) is 5.54. The molecule has 2 aromatic carbocycles. The van der Waals surface area contributed by atoms with Crippen molar-refractivity contribution >= 4 is 34.1 Å². The average Bonchev–Trinajstić information content (AvgIpc) is 2.76. The number of benzene rings is 2. The highest BCUT2D eigenvalue weighted by Gasteiger charge is 2.17. The van der Waals surface area contributed by atoms with Gasteiger partial charge in [-0.05, 0) is 36.8 Å². The molecule has 0 radical (unpaired) electrons. The van der Waals surface area contributed by atoms with Gasteiger partial charge >= 0.3 is 0 Å². The number of aliphatic hydroxyl groups excluding tert-OH is 1.